The molecule has 96 valence electrons. The minimum atomic E-state index is 1.28. The van der Waals surface area contributed by atoms with Gasteiger partial charge in [0.15, 0.2) is 0 Å². The van der Waals surface area contributed by atoms with Crippen LogP contribution in [0.15, 0.2) is 0 Å². The molecule has 0 N–H and O–H groups in total. The monoisotopic (exact) mass is 261 g/mol. The largest absolute Gasteiger partial charge is 0.292 e. The summed E-state index contributed by atoms with van der Waals surface area (Å²) < 4.78 is 0. The molecule has 0 unspecified atom stereocenters. The summed E-state index contributed by atoms with van der Waals surface area (Å²) in [4.78, 5) is 2.58. The van der Waals surface area contributed by atoms with E-state index in [1.807, 2.05) is 0 Å². The first kappa shape index (κ1) is 14.7. The quantitative estimate of drug-likeness (QED) is 0.545. The molecule has 16 heavy (non-hydrogen) atoms. The van der Waals surface area contributed by atoms with Gasteiger partial charge < -0.3 is 0 Å². The molecule has 0 aromatic carbocycles. The molecule has 0 atom stereocenters. The van der Waals surface area contributed by atoms with E-state index in [1.54, 1.807) is 0 Å². The number of rotatable bonds is 10. The topological polar surface area (TPSA) is 3.24 Å². The van der Waals surface area contributed by atoms with Crippen molar-refractivity contribution in [1.29, 1.82) is 0 Å². The molecule has 0 amide bonds. The molecule has 0 spiro atoms. The summed E-state index contributed by atoms with van der Waals surface area (Å²) in [6.45, 7) is 4.92. The van der Waals surface area contributed by atoms with Gasteiger partial charge in [-0.05, 0) is 12.2 Å². The zero-order valence-corrected chi connectivity index (χ0v) is 12.4. The fourth-order valence-electron chi connectivity index (χ4n) is 1.91. The lowest BCUT2D eigenvalue weighted by Gasteiger charge is -2.12. The molecule has 3 heteroatoms. The Morgan fingerprint density at radius 3 is 2.62 bits per heavy atom. The second kappa shape index (κ2) is 10.8. The van der Waals surface area contributed by atoms with E-state index >= 15 is 0 Å². The van der Waals surface area contributed by atoms with Crippen molar-refractivity contribution in [3.05, 3.63) is 0 Å². The summed E-state index contributed by atoms with van der Waals surface area (Å²) in [5.41, 5.74) is 0. The molecular weight excluding hydrogens is 234 g/mol. The Morgan fingerprint density at radius 2 is 1.88 bits per heavy atom. The summed E-state index contributed by atoms with van der Waals surface area (Å²) >= 11 is 4.23. The smallest absolute Gasteiger partial charge is 0.0445 e. The highest BCUT2D eigenvalue weighted by Gasteiger charge is 2.10. The average Bonchev–Trinajstić information content (AvgIpc) is 2.80. The Bertz CT molecular complexity index is 147. The van der Waals surface area contributed by atoms with Crippen molar-refractivity contribution in [3.63, 3.8) is 0 Å². The third-order valence-corrected chi connectivity index (χ3v) is 5.09. The predicted molar refractivity (Wildman–Crippen MR) is 79.6 cm³/mol. The highest BCUT2D eigenvalue weighted by molar-refractivity contribution is 7.99. The molecule has 1 heterocycles. The highest BCUT2D eigenvalue weighted by atomic mass is 32.2. The highest BCUT2D eigenvalue weighted by Crippen LogP contribution is 2.14. The van der Waals surface area contributed by atoms with Crippen molar-refractivity contribution in [2.45, 2.75) is 45.4 Å². The molecule has 0 aliphatic carbocycles. The molecule has 0 saturated carbocycles. The number of hydrogen-bond donors (Lipinski definition) is 0. The van der Waals surface area contributed by atoms with Crippen molar-refractivity contribution >= 4 is 23.5 Å². The Hall–Kier alpha value is 0.660. The van der Waals surface area contributed by atoms with Crippen LogP contribution in [0.1, 0.15) is 45.4 Å². The SMILES string of the molecule is CCCCCCCCSCCN1CCSC1. The fraction of sp³-hybridized carbons (Fsp3) is 1.00. The Balaban J connectivity index is 1.71. The van der Waals surface area contributed by atoms with E-state index in [-0.39, 0.29) is 0 Å². The maximum atomic E-state index is 2.58. The molecule has 0 aromatic rings. The first-order chi connectivity index (χ1) is 7.93. The minimum Gasteiger partial charge on any atom is -0.292 e. The first-order valence-corrected chi connectivity index (χ1v) is 9.12. The summed E-state index contributed by atoms with van der Waals surface area (Å²) in [6, 6.07) is 0. The van der Waals surface area contributed by atoms with Crippen LogP contribution in [0.5, 0.6) is 0 Å². The lowest BCUT2D eigenvalue weighted by atomic mass is 10.1. The van der Waals surface area contributed by atoms with Gasteiger partial charge in [-0.25, -0.2) is 0 Å². The zero-order chi connectivity index (χ0) is 11.5. The van der Waals surface area contributed by atoms with Gasteiger partial charge in [0.05, 0.1) is 0 Å². The maximum absolute atomic E-state index is 2.58. The van der Waals surface area contributed by atoms with Crippen LogP contribution < -0.4 is 0 Å². The summed E-state index contributed by atoms with van der Waals surface area (Å²) in [5.74, 6) is 5.35. The van der Waals surface area contributed by atoms with Gasteiger partial charge in [0.25, 0.3) is 0 Å². The van der Waals surface area contributed by atoms with Gasteiger partial charge in [0.2, 0.25) is 0 Å². The van der Waals surface area contributed by atoms with Crippen molar-refractivity contribution in [2.24, 2.45) is 0 Å². The maximum Gasteiger partial charge on any atom is 0.0445 e. The molecule has 0 radical (unpaired) electrons. The molecule has 1 nitrogen and oxygen atoms in total. The van der Waals surface area contributed by atoms with Crippen molar-refractivity contribution < 1.29 is 0 Å². The van der Waals surface area contributed by atoms with Crippen molar-refractivity contribution in [1.82, 2.24) is 4.90 Å². The summed E-state index contributed by atoms with van der Waals surface area (Å²) in [5, 5.41) is 0. The lowest BCUT2D eigenvalue weighted by molar-refractivity contribution is 0.380. The number of thioether (sulfide) groups is 2. The first-order valence-electron chi connectivity index (χ1n) is 6.81. The van der Waals surface area contributed by atoms with E-state index in [2.05, 4.69) is 35.3 Å². The van der Waals surface area contributed by atoms with Crippen LogP contribution in [0.4, 0.5) is 0 Å². The molecule has 1 aliphatic rings. The van der Waals surface area contributed by atoms with Gasteiger partial charge in [-0.2, -0.15) is 11.8 Å². The van der Waals surface area contributed by atoms with Gasteiger partial charge in [-0.3, -0.25) is 4.90 Å². The van der Waals surface area contributed by atoms with Crippen molar-refractivity contribution in [3.8, 4) is 0 Å². The van der Waals surface area contributed by atoms with Crippen LogP contribution in [0.2, 0.25) is 0 Å². The van der Waals surface area contributed by atoms with Gasteiger partial charge in [0.1, 0.15) is 0 Å². The van der Waals surface area contributed by atoms with E-state index in [1.165, 1.54) is 74.7 Å². The van der Waals surface area contributed by atoms with E-state index in [9.17, 15) is 0 Å². The predicted octanol–water partition coefficient (Wildman–Crippen LogP) is 4.09. The van der Waals surface area contributed by atoms with E-state index < -0.39 is 0 Å². The Kier molecular flexibility index (Phi) is 9.93. The second-order valence-corrected chi connectivity index (χ2v) is 6.83. The summed E-state index contributed by atoms with van der Waals surface area (Å²) in [7, 11) is 0. The zero-order valence-electron chi connectivity index (χ0n) is 10.7. The fourth-order valence-corrected chi connectivity index (χ4v) is 3.94. The molecule has 1 rings (SSSR count). The normalized spacial score (nSPS) is 17.1. The number of nitrogens with zero attached hydrogens (tertiary/aromatic N) is 1. The van der Waals surface area contributed by atoms with E-state index in [0.717, 1.165) is 0 Å². The third kappa shape index (κ3) is 7.86. The van der Waals surface area contributed by atoms with Crippen LogP contribution in [0.25, 0.3) is 0 Å². The van der Waals surface area contributed by atoms with Crippen LogP contribution in [0.3, 0.4) is 0 Å². The average molecular weight is 262 g/mol. The number of unbranched alkanes of at least 4 members (excludes halogenated alkanes) is 5. The minimum absolute atomic E-state index is 1.28. The van der Waals surface area contributed by atoms with Crippen LogP contribution in [0, 0.1) is 0 Å². The number of hydrogen-bond acceptors (Lipinski definition) is 3. The second-order valence-electron chi connectivity index (χ2n) is 4.54. The van der Waals surface area contributed by atoms with Gasteiger partial charge in [-0.1, -0.05) is 39.0 Å². The standard InChI is InChI=1S/C13H27NS2/c1-2-3-4-5-6-7-10-15-11-8-14-9-12-16-13-14/h2-13H2,1H3. The molecule has 0 aromatic heterocycles. The molecular formula is C13H27NS2. The Morgan fingerprint density at radius 1 is 1.06 bits per heavy atom. The van der Waals surface area contributed by atoms with E-state index in [4.69, 9.17) is 0 Å². The van der Waals surface area contributed by atoms with Crippen molar-refractivity contribution in [2.75, 3.05) is 36.2 Å². The molecule has 0 bridgehead atoms. The van der Waals surface area contributed by atoms with Gasteiger partial charge >= 0.3 is 0 Å². The molecule has 1 aliphatic heterocycles. The van der Waals surface area contributed by atoms with Crippen LogP contribution in [-0.2, 0) is 0 Å². The Labute approximate surface area is 110 Å². The van der Waals surface area contributed by atoms with E-state index in [0.29, 0.717) is 0 Å². The molecule has 1 fully saturated rings. The van der Waals surface area contributed by atoms with Gasteiger partial charge in [-0.15, -0.1) is 11.8 Å². The molecule has 1 saturated heterocycles. The summed E-state index contributed by atoms with van der Waals surface area (Å²) in [6.07, 6.45) is 8.58. The lowest BCUT2D eigenvalue weighted by Crippen LogP contribution is -2.22. The third-order valence-electron chi connectivity index (χ3n) is 3.02. The van der Waals surface area contributed by atoms with Gasteiger partial charge in [0, 0.05) is 30.5 Å². The van der Waals surface area contributed by atoms with Crippen LogP contribution >= 0.6 is 23.5 Å². The van der Waals surface area contributed by atoms with Crippen LogP contribution in [-0.4, -0.2) is 41.1 Å².